The van der Waals surface area contributed by atoms with Crippen molar-refractivity contribution in [2.45, 2.75) is 24.7 Å². The van der Waals surface area contributed by atoms with Gasteiger partial charge in [0.2, 0.25) is 0 Å². The topological polar surface area (TPSA) is 23.8 Å². The molecule has 0 radical (unpaired) electrons. The van der Waals surface area contributed by atoms with Crippen molar-refractivity contribution < 1.29 is 29.6 Å². The van der Waals surface area contributed by atoms with E-state index >= 15 is 0 Å². The van der Waals surface area contributed by atoms with Crippen LogP contribution in [0.4, 0.5) is 0 Å². The van der Waals surface area contributed by atoms with Crippen molar-refractivity contribution in [3.63, 3.8) is 0 Å². The fourth-order valence-electron chi connectivity index (χ4n) is 1.12. The Bertz CT molecular complexity index is 328. The minimum absolute atomic E-state index is 0. The molecule has 0 saturated heterocycles. The predicted molar refractivity (Wildman–Crippen MR) is 50.9 cm³/mol. The summed E-state index contributed by atoms with van der Waals surface area (Å²) < 4.78 is 0. The minimum atomic E-state index is 0. The number of hydrogen-bond donors (Lipinski definition) is 0. The van der Waals surface area contributed by atoms with Crippen molar-refractivity contribution in [1.29, 1.82) is 5.26 Å². The van der Waals surface area contributed by atoms with Gasteiger partial charge in [0.05, 0.1) is 11.6 Å². The smallest absolute Gasteiger partial charge is 0.780 e. The molecular formula is C10H10NNaS. The Morgan fingerprint density at radius 1 is 1.38 bits per heavy atom. The minimum Gasteiger partial charge on any atom is -0.780 e. The van der Waals surface area contributed by atoms with Gasteiger partial charge in [-0.2, -0.15) is 10.2 Å². The Morgan fingerprint density at radius 3 is 2.46 bits per heavy atom. The summed E-state index contributed by atoms with van der Waals surface area (Å²) in [5.41, 5.74) is 1.78. The second-order valence-corrected chi connectivity index (χ2v) is 3.49. The maximum atomic E-state index is 8.77. The van der Waals surface area contributed by atoms with Crippen LogP contribution in [0.5, 0.6) is 0 Å². The van der Waals surface area contributed by atoms with E-state index in [9.17, 15) is 0 Å². The summed E-state index contributed by atoms with van der Waals surface area (Å²) in [7, 11) is 0. The molecule has 0 fully saturated rings. The van der Waals surface area contributed by atoms with Crippen LogP contribution in [0, 0.1) is 11.3 Å². The van der Waals surface area contributed by atoms with Gasteiger partial charge < -0.3 is 12.6 Å². The van der Waals surface area contributed by atoms with Crippen LogP contribution in [0.15, 0.2) is 23.1 Å². The first kappa shape index (κ1) is 12.9. The quantitative estimate of drug-likeness (QED) is 0.453. The molecule has 0 bridgehead atoms. The average Bonchev–Trinajstić information content (AvgIpc) is 2.04. The van der Waals surface area contributed by atoms with E-state index in [1.54, 1.807) is 12.1 Å². The molecule has 0 spiro atoms. The van der Waals surface area contributed by atoms with Crippen LogP contribution < -0.4 is 29.6 Å². The van der Waals surface area contributed by atoms with Crippen molar-refractivity contribution in [2.75, 3.05) is 0 Å². The van der Waals surface area contributed by atoms with Gasteiger partial charge >= 0.3 is 29.6 Å². The Hall–Kier alpha value is -0.0700. The van der Waals surface area contributed by atoms with E-state index in [0.29, 0.717) is 5.92 Å². The van der Waals surface area contributed by atoms with Crippen molar-refractivity contribution in [3.05, 3.63) is 29.3 Å². The SMILES string of the molecule is CC(C)c1cc([S-])ccc1C#N.[Na+]. The summed E-state index contributed by atoms with van der Waals surface area (Å²) in [6.07, 6.45) is 0. The molecule has 1 nitrogen and oxygen atoms in total. The number of benzene rings is 1. The van der Waals surface area contributed by atoms with Crippen LogP contribution >= 0.6 is 0 Å². The maximum Gasteiger partial charge on any atom is 1.00 e. The summed E-state index contributed by atoms with van der Waals surface area (Å²) in [5, 5.41) is 8.77. The standard InChI is InChI=1S/C10H11NS.Na/c1-7(2)10-5-9(12)4-3-8(10)6-11;/h3-5,7,12H,1-2H3;/q;+1/p-1. The van der Waals surface area contributed by atoms with Crippen LogP contribution in [0.2, 0.25) is 0 Å². The van der Waals surface area contributed by atoms with Gasteiger partial charge in [0.25, 0.3) is 0 Å². The summed E-state index contributed by atoms with van der Waals surface area (Å²) in [6.45, 7) is 4.12. The van der Waals surface area contributed by atoms with Crippen LogP contribution in [-0.4, -0.2) is 0 Å². The fourth-order valence-corrected chi connectivity index (χ4v) is 1.32. The first-order valence-electron chi connectivity index (χ1n) is 3.86. The van der Waals surface area contributed by atoms with Crippen molar-refractivity contribution >= 4 is 12.6 Å². The second-order valence-electron chi connectivity index (χ2n) is 3.02. The molecule has 0 atom stereocenters. The van der Waals surface area contributed by atoms with Gasteiger partial charge in [0, 0.05) is 0 Å². The number of nitriles is 1. The zero-order valence-corrected chi connectivity index (χ0v) is 11.0. The Balaban J connectivity index is 0.00000144. The number of rotatable bonds is 1. The molecule has 0 aliphatic carbocycles. The molecule has 1 aromatic rings. The molecule has 0 N–H and O–H groups in total. The molecule has 0 aliphatic heterocycles. The predicted octanol–water partition coefficient (Wildman–Crippen LogP) is -0.409. The van der Waals surface area contributed by atoms with E-state index in [0.717, 1.165) is 16.0 Å². The van der Waals surface area contributed by atoms with Gasteiger partial charge in [-0.05, 0) is 17.5 Å². The van der Waals surface area contributed by atoms with E-state index in [1.165, 1.54) is 0 Å². The van der Waals surface area contributed by atoms with E-state index in [-0.39, 0.29) is 29.6 Å². The molecule has 0 aliphatic rings. The van der Waals surface area contributed by atoms with Gasteiger partial charge in [0.1, 0.15) is 0 Å². The molecule has 0 saturated carbocycles. The molecule has 0 amide bonds. The molecule has 0 aromatic heterocycles. The third-order valence-electron chi connectivity index (χ3n) is 1.77. The van der Waals surface area contributed by atoms with Crippen LogP contribution in [-0.2, 0) is 12.6 Å². The Labute approximate surface area is 107 Å². The Kier molecular flexibility index (Phi) is 5.59. The molecular weight excluding hydrogens is 189 g/mol. The largest absolute Gasteiger partial charge is 1.00 e. The fraction of sp³-hybridized carbons (Fsp3) is 0.300. The zero-order valence-electron chi connectivity index (χ0n) is 8.16. The van der Waals surface area contributed by atoms with Gasteiger partial charge in [-0.15, -0.1) is 0 Å². The van der Waals surface area contributed by atoms with Crippen LogP contribution in [0.1, 0.15) is 30.9 Å². The average molecular weight is 199 g/mol. The summed E-state index contributed by atoms with van der Waals surface area (Å²) in [6, 6.07) is 7.64. The molecule has 0 unspecified atom stereocenters. The molecule has 62 valence electrons. The molecule has 1 rings (SSSR count). The van der Waals surface area contributed by atoms with Crippen LogP contribution in [0.25, 0.3) is 0 Å². The van der Waals surface area contributed by atoms with E-state index in [1.807, 2.05) is 6.07 Å². The summed E-state index contributed by atoms with van der Waals surface area (Å²) >= 11 is 5.02. The normalized spacial score (nSPS) is 9.08. The third kappa shape index (κ3) is 3.28. The van der Waals surface area contributed by atoms with Crippen molar-refractivity contribution in [3.8, 4) is 6.07 Å². The summed E-state index contributed by atoms with van der Waals surface area (Å²) in [4.78, 5) is 0.803. The molecule has 13 heavy (non-hydrogen) atoms. The van der Waals surface area contributed by atoms with E-state index < -0.39 is 0 Å². The first-order valence-corrected chi connectivity index (χ1v) is 4.27. The summed E-state index contributed by atoms with van der Waals surface area (Å²) in [5.74, 6) is 0.363. The van der Waals surface area contributed by atoms with Gasteiger partial charge in [-0.1, -0.05) is 26.0 Å². The first-order chi connectivity index (χ1) is 5.65. The molecule has 1 aromatic carbocycles. The number of hydrogen-bond acceptors (Lipinski definition) is 2. The zero-order chi connectivity index (χ0) is 9.14. The molecule has 0 heterocycles. The monoisotopic (exact) mass is 199 g/mol. The molecule has 3 heteroatoms. The van der Waals surface area contributed by atoms with Crippen LogP contribution in [0.3, 0.4) is 0 Å². The van der Waals surface area contributed by atoms with Crippen molar-refractivity contribution in [1.82, 2.24) is 0 Å². The van der Waals surface area contributed by atoms with Crippen molar-refractivity contribution in [2.24, 2.45) is 0 Å². The Morgan fingerprint density at radius 2 is 2.00 bits per heavy atom. The van der Waals surface area contributed by atoms with E-state index in [2.05, 4.69) is 19.9 Å². The van der Waals surface area contributed by atoms with Gasteiger partial charge in [-0.25, -0.2) is 0 Å². The van der Waals surface area contributed by atoms with E-state index in [4.69, 9.17) is 17.9 Å². The number of nitrogens with zero attached hydrogens (tertiary/aromatic N) is 1. The maximum absolute atomic E-state index is 8.77. The third-order valence-corrected chi connectivity index (χ3v) is 2.02. The van der Waals surface area contributed by atoms with Gasteiger partial charge in [-0.3, -0.25) is 0 Å². The second kappa shape index (κ2) is 5.62. The van der Waals surface area contributed by atoms with Gasteiger partial charge in [0.15, 0.2) is 0 Å².